The summed E-state index contributed by atoms with van der Waals surface area (Å²) in [6.45, 7) is 0.215. The number of aromatic nitrogens is 1. The molecule has 0 bridgehead atoms. The van der Waals surface area contributed by atoms with Gasteiger partial charge in [0.25, 0.3) is 11.8 Å². The van der Waals surface area contributed by atoms with Crippen LogP contribution in [0, 0.1) is 0 Å². The maximum Gasteiger partial charge on any atom is 0.322 e. The van der Waals surface area contributed by atoms with Crippen LogP contribution in [-0.4, -0.2) is 41.4 Å². The van der Waals surface area contributed by atoms with Gasteiger partial charge in [0, 0.05) is 29.9 Å². The van der Waals surface area contributed by atoms with Crippen LogP contribution >= 0.6 is 0 Å². The van der Waals surface area contributed by atoms with Crippen molar-refractivity contribution in [1.29, 1.82) is 0 Å². The van der Waals surface area contributed by atoms with E-state index in [1.54, 1.807) is 30.6 Å². The number of amides is 4. The van der Waals surface area contributed by atoms with Crippen molar-refractivity contribution in [3.63, 3.8) is 0 Å². The van der Waals surface area contributed by atoms with Crippen molar-refractivity contribution in [2.75, 3.05) is 13.7 Å². The molecular weight excluding hydrogens is 448 g/mol. The van der Waals surface area contributed by atoms with Crippen molar-refractivity contribution >= 4 is 28.8 Å². The molecule has 9 nitrogen and oxygen atoms in total. The first-order chi connectivity index (χ1) is 17.0. The normalized spacial score (nSPS) is 19.1. The number of benzene rings is 2. The Bertz CT molecular complexity index is 1510. The summed E-state index contributed by atoms with van der Waals surface area (Å²) in [5.74, 6) is 0.00693. The van der Waals surface area contributed by atoms with Crippen LogP contribution in [0.15, 0.2) is 71.4 Å². The van der Waals surface area contributed by atoms with Gasteiger partial charge in [0.1, 0.15) is 17.1 Å². The van der Waals surface area contributed by atoms with Gasteiger partial charge >= 0.3 is 6.03 Å². The lowest BCUT2D eigenvalue weighted by atomic mass is 9.95. The van der Waals surface area contributed by atoms with Crippen molar-refractivity contribution in [2.45, 2.75) is 12.1 Å². The topological polar surface area (TPSA) is 114 Å². The number of hydrogen-bond donors (Lipinski definition) is 2. The zero-order chi connectivity index (χ0) is 24.2. The molecular formula is C26H20N4O5. The quantitative estimate of drug-likeness (QED) is 0.435. The molecule has 0 aliphatic carbocycles. The number of nitrogens with one attached hydrogen (secondary N) is 2. The van der Waals surface area contributed by atoms with Gasteiger partial charge in [0.2, 0.25) is 0 Å². The van der Waals surface area contributed by atoms with Gasteiger partial charge in [0.05, 0.1) is 13.7 Å². The van der Waals surface area contributed by atoms with Gasteiger partial charge in [-0.15, -0.1) is 0 Å². The minimum atomic E-state index is -1.56. The van der Waals surface area contributed by atoms with Crippen molar-refractivity contribution in [3.8, 4) is 16.9 Å². The third-order valence-electron chi connectivity index (χ3n) is 6.52. The number of hydrogen-bond acceptors (Lipinski definition) is 6. The second-order valence-electron chi connectivity index (χ2n) is 8.60. The highest BCUT2D eigenvalue weighted by atomic mass is 16.5. The van der Waals surface area contributed by atoms with Crippen LogP contribution in [0.5, 0.6) is 5.75 Å². The Kier molecular flexibility index (Phi) is 4.60. The number of carbonyl (C=O) groups is 3. The van der Waals surface area contributed by atoms with E-state index in [1.165, 1.54) is 12.0 Å². The Balaban J connectivity index is 1.38. The number of imide groups is 1. The minimum absolute atomic E-state index is 0.0859. The van der Waals surface area contributed by atoms with Crippen LogP contribution in [-0.2, 0) is 16.9 Å². The van der Waals surface area contributed by atoms with Gasteiger partial charge in [-0.05, 0) is 59.2 Å². The number of carbonyl (C=O) groups excluding carboxylic acids is 3. The molecule has 4 heterocycles. The van der Waals surface area contributed by atoms with E-state index in [0.717, 1.165) is 22.1 Å². The highest BCUT2D eigenvalue weighted by Crippen LogP contribution is 2.36. The summed E-state index contributed by atoms with van der Waals surface area (Å²) >= 11 is 0. The van der Waals surface area contributed by atoms with Crippen molar-refractivity contribution in [2.24, 2.45) is 0 Å². The smallest absolute Gasteiger partial charge is 0.322 e. The number of pyridine rings is 1. The molecule has 0 spiro atoms. The molecule has 1 atom stereocenters. The Morgan fingerprint density at radius 2 is 1.86 bits per heavy atom. The maximum atomic E-state index is 13.2. The molecule has 4 aromatic rings. The second kappa shape index (κ2) is 7.69. The second-order valence-corrected chi connectivity index (χ2v) is 8.60. The van der Waals surface area contributed by atoms with E-state index in [1.807, 2.05) is 36.4 Å². The third-order valence-corrected chi connectivity index (χ3v) is 6.52. The molecule has 2 aromatic heterocycles. The van der Waals surface area contributed by atoms with Crippen LogP contribution in [0.4, 0.5) is 4.79 Å². The average molecular weight is 468 g/mol. The standard InChI is InChI=1S/C26H20N4O5/c1-34-19-4-2-17-13-30(23(31)20(17)12-19)14-26(24(32)28-25(33)29-26)22-11-18-10-16(3-5-21(18)35-22)15-6-8-27-9-7-15/h2-12H,13-14H2,1H3,(H2,28,29,32,33). The van der Waals surface area contributed by atoms with E-state index in [4.69, 9.17) is 9.15 Å². The lowest BCUT2D eigenvalue weighted by Gasteiger charge is -2.29. The molecule has 2 aliphatic heterocycles. The van der Waals surface area contributed by atoms with E-state index >= 15 is 0 Å². The first-order valence-corrected chi connectivity index (χ1v) is 11.0. The van der Waals surface area contributed by atoms with Crippen molar-refractivity contribution in [3.05, 3.63) is 83.9 Å². The number of rotatable bonds is 5. The van der Waals surface area contributed by atoms with E-state index in [-0.39, 0.29) is 18.2 Å². The van der Waals surface area contributed by atoms with Crippen LogP contribution in [0.3, 0.4) is 0 Å². The van der Waals surface area contributed by atoms with Gasteiger partial charge < -0.3 is 19.4 Å². The Morgan fingerprint density at radius 3 is 2.60 bits per heavy atom. The maximum absolute atomic E-state index is 13.2. The number of urea groups is 1. The van der Waals surface area contributed by atoms with Crippen LogP contribution < -0.4 is 15.4 Å². The molecule has 4 amide bonds. The fourth-order valence-corrected chi connectivity index (χ4v) is 4.71. The van der Waals surface area contributed by atoms with Gasteiger partial charge in [-0.25, -0.2) is 4.79 Å². The molecule has 1 saturated heterocycles. The number of nitrogens with zero attached hydrogens (tertiary/aromatic N) is 2. The fourth-order valence-electron chi connectivity index (χ4n) is 4.71. The molecule has 1 unspecified atom stereocenters. The van der Waals surface area contributed by atoms with E-state index in [9.17, 15) is 14.4 Å². The Labute approximate surface area is 199 Å². The average Bonchev–Trinajstić information content (AvgIpc) is 3.53. The molecule has 35 heavy (non-hydrogen) atoms. The minimum Gasteiger partial charge on any atom is -0.497 e. The largest absolute Gasteiger partial charge is 0.497 e. The number of fused-ring (bicyclic) bond motifs is 2. The first-order valence-electron chi connectivity index (χ1n) is 11.0. The van der Waals surface area contributed by atoms with Gasteiger partial charge in [-0.1, -0.05) is 12.1 Å². The van der Waals surface area contributed by atoms with Crippen molar-refractivity contribution in [1.82, 2.24) is 20.5 Å². The van der Waals surface area contributed by atoms with Gasteiger partial charge in [0.15, 0.2) is 5.54 Å². The molecule has 174 valence electrons. The van der Waals surface area contributed by atoms with Gasteiger partial charge in [-0.2, -0.15) is 0 Å². The molecule has 2 aromatic carbocycles. The molecule has 1 fully saturated rings. The molecule has 6 rings (SSSR count). The predicted octanol–water partition coefficient (Wildman–Crippen LogP) is 3.19. The summed E-state index contributed by atoms with van der Waals surface area (Å²) in [4.78, 5) is 44.1. The SMILES string of the molecule is COc1ccc2c(c1)C(=O)N(CC1(c3cc4cc(-c5ccncc5)ccc4o3)NC(=O)NC1=O)C2. The molecule has 2 N–H and O–H groups in total. The molecule has 9 heteroatoms. The van der Waals surface area contributed by atoms with E-state index in [0.29, 0.717) is 23.4 Å². The summed E-state index contributed by atoms with van der Waals surface area (Å²) in [5, 5.41) is 5.79. The zero-order valence-electron chi connectivity index (χ0n) is 18.7. The first kappa shape index (κ1) is 20.9. The van der Waals surface area contributed by atoms with Crippen LogP contribution in [0.2, 0.25) is 0 Å². The summed E-state index contributed by atoms with van der Waals surface area (Å²) < 4.78 is 11.3. The van der Waals surface area contributed by atoms with Crippen molar-refractivity contribution < 1.29 is 23.5 Å². The number of furan rings is 1. The van der Waals surface area contributed by atoms with E-state index < -0.39 is 17.5 Å². The molecule has 0 radical (unpaired) electrons. The van der Waals surface area contributed by atoms with Crippen LogP contribution in [0.25, 0.3) is 22.1 Å². The van der Waals surface area contributed by atoms with E-state index in [2.05, 4.69) is 15.6 Å². The zero-order valence-corrected chi connectivity index (χ0v) is 18.7. The summed E-state index contributed by atoms with van der Waals surface area (Å²) in [6, 6.07) is 15.9. The lowest BCUT2D eigenvalue weighted by molar-refractivity contribution is -0.125. The summed E-state index contributed by atoms with van der Waals surface area (Å²) in [5.41, 5.74) is 2.28. The Hall–Kier alpha value is -4.66. The summed E-state index contributed by atoms with van der Waals surface area (Å²) in [7, 11) is 1.54. The molecule has 0 saturated carbocycles. The number of methoxy groups -OCH3 is 1. The fraction of sp³-hybridized carbons (Fsp3) is 0.154. The van der Waals surface area contributed by atoms with Crippen LogP contribution in [0.1, 0.15) is 21.7 Å². The highest BCUT2D eigenvalue weighted by molar-refractivity contribution is 6.08. The summed E-state index contributed by atoms with van der Waals surface area (Å²) in [6.07, 6.45) is 3.43. The predicted molar refractivity (Wildman–Crippen MR) is 126 cm³/mol. The lowest BCUT2D eigenvalue weighted by Crippen LogP contribution is -2.52. The molecule has 2 aliphatic rings. The monoisotopic (exact) mass is 468 g/mol. The third kappa shape index (κ3) is 3.31. The number of ether oxygens (including phenoxy) is 1. The Morgan fingerprint density at radius 1 is 1.03 bits per heavy atom. The highest BCUT2D eigenvalue weighted by Gasteiger charge is 2.53. The van der Waals surface area contributed by atoms with Gasteiger partial charge in [-0.3, -0.25) is 19.9 Å².